The Morgan fingerprint density at radius 3 is 2.61 bits per heavy atom. The first-order valence-electron chi connectivity index (χ1n) is 7.96. The number of rotatable bonds is 7. The number of hydrogen-bond donors (Lipinski definition) is 2. The minimum absolute atomic E-state index is 0.108. The number of phenols is 1. The van der Waals surface area contributed by atoms with Gasteiger partial charge in [0.15, 0.2) is 17.2 Å². The van der Waals surface area contributed by atoms with Crippen molar-refractivity contribution in [2.24, 2.45) is 0 Å². The fourth-order valence-corrected chi connectivity index (χ4v) is 2.35. The van der Waals surface area contributed by atoms with Crippen LogP contribution < -0.4 is 10.1 Å². The van der Waals surface area contributed by atoms with E-state index in [2.05, 4.69) is 12.2 Å². The summed E-state index contributed by atoms with van der Waals surface area (Å²) >= 11 is 0. The number of carbonyl (C=O) groups is 1. The van der Waals surface area contributed by atoms with Crippen molar-refractivity contribution in [2.75, 3.05) is 5.32 Å². The molecule has 1 amide bonds. The number of phenolic OH excluding ortho intramolecular Hbond substituents is 1. The standard InChI is InChI=1S/C19H23NO3/c1-3-4-5-8-15-11-12-19(17(22)13-15)23-18-10-7-6-9-16(18)20-14(2)21/h6-7,9-13,22H,3-5,8H2,1-2H3,(H,20,21). The van der Waals surface area contributed by atoms with Crippen molar-refractivity contribution in [1.82, 2.24) is 0 Å². The molecule has 0 aliphatic rings. The number of hydrogen-bond acceptors (Lipinski definition) is 3. The first-order chi connectivity index (χ1) is 11.1. The maximum atomic E-state index is 11.2. The normalized spacial score (nSPS) is 10.3. The molecular weight excluding hydrogens is 290 g/mol. The van der Waals surface area contributed by atoms with Crippen LogP contribution in [0.4, 0.5) is 5.69 Å². The van der Waals surface area contributed by atoms with Crippen LogP contribution in [0.25, 0.3) is 0 Å². The van der Waals surface area contributed by atoms with Crippen molar-refractivity contribution in [3.8, 4) is 17.2 Å². The summed E-state index contributed by atoms with van der Waals surface area (Å²) in [5.41, 5.74) is 1.67. The van der Waals surface area contributed by atoms with Crippen LogP contribution >= 0.6 is 0 Å². The number of carbonyl (C=O) groups excluding carboxylic acids is 1. The van der Waals surface area contributed by atoms with Gasteiger partial charge in [0.25, 0.3) is 0 Å². The third kappa shape index (κ3) is 5.02. The highest BCUT2D eigenvalue weighted by atomic mass is 16.5. The molecule has 0 aliphatic carbocycles. The number of anilines is 1. The lowest BCUT2D eigenvalue weighted by Gasteiger charge is -2.13. The van der Waals surface area contributed by atoms with Gasteiger partial charge < -0.3 is 15.2 Å². The molecule has 0 fully saturated rings. The predicted molar refractivity (Wildman–Crippen MR) is 92.2 cm³/mol. The summed E-state index contributed by atoms with van der Waals surface area (Å²) in [5.74, 6) is 0.812. The summed E-state index contributed by atoms with van der Waals surface area (Å²) in [4.78, 5) is 11.2. The van der Waals surface area contributed by atoms with Gasteiger partial charge >= 0.3 is 0 Å². The first kappa shape index (κ1) is 16.9. The monoisotopic (exact) mass is 313 g/mol. The number of ether oxygens (including phenoxy) is 1. The predicted octanol–water partition coefficient (Wildman–Crippen LogP) is 4.88. The van der Waals surface area contributed by atoms with Crippen molar-refractivity contribution in [2.45, 2.75) is 39.5 Å². The van der Waals surface area contributed by atoms with Crippen LogP contribution in [-0.2, 0) is 11.2 Å². The van der Waals surface area contributed by atoms with Crippen LogP contribution in [-0.4, -0.2) is 11.0 Å². The van der Waals surface area contributed by atoms with Gasteiger partial charge in [0.05, 0.1) is 5.69 Å². The first-order valence-corrected chi connectivity index (χ1v) is 7.96. The molecule has 2 rings (SSSR count). The summed E-state index contributed by atoms with van der Waals surface area (Å²) in [6.07, 6.45) is 4.42. The van der Waals surface area contributed by atoms with E-state index in [1.165, 1.54) is 19.8 Å². The number of unbranched alkanes of at least 4 members (excludes halogenated alkanes) is 2. The molecule has 0 saturated heterocycles. The van der Waals surface area contributed by atoms with E-state index >= 15 is 0 Å². The fourth-order valence-electron chi connectivity index (χ4n) is 2.35. The maximum Gasteiger partial charge on any atom is 0.221 e. The van der Waals surface area contributed by atoms with Gasteiger partial charge in [-0.25, -0.2) is 0 Å². The third-order valence-electron chi connectivity index (χ3n) is 3.51. The van der Waals surface area contributed by atoms with Gasteiger partial charge in [0, 0.05) is 6.92 Å². The number of benzene rings is 2. The van der Waals surface area contributed by atoms with Gasteiger partial charge in [-0.2, -0.15) is 0 Å². The second-order valence-corrected chi connectivity index (χ2v) is 5.54. The van der Waals surface area contributed by atoms with Gasteiger partial charge in [-0.05, 0) is 42.7 Å². The number of nitrogens with one attached hydrogen (secondary N) is 1. The molecule has 0 unspecified atom stereocenters. The summed E-state index contributed by atoms with van der Waals surface area (Å²) in [7, 11) is 0. The lowest BCUT2D eigenvalue weighted by Crippen LogP contribution is -2.06. The van der Waals surface area contributed by atoms with Crippen LogP contribution in [0.3, 0.4) is 0 Å². The summed E-state index contributed by atoms with van der Waals surface area (Å²) in [6, 6.07) is 12.6. The van der Waals surface area contributed by atoms with E-state index in [4.69, 9.17) is 4.74 Å². The molecule has 23 heavy (non-hydrogen) atoms. The van der Waals surface area contributed by atoms with Crippen LogP contribution in [0.1, 0.15) is 38.7 Å². The largest absolute Gasteiger partial charge is 0.504 e. The van der Waals surface area contributed by atoms with Gasteiger partial charge in [-0.3, -0.25) is 4.79 Å². The minimum atomic E-state index is -0.170. The lowest BCUT2D eigenvalue weighted by molar-refractivity contribution is -0.114. The van der Waals surface area contributed by atoms with Gasteiger partial charge in [-0.1, -0.05) is 38.0 Å². The molecule has 2 aromatic rings. The summed E-state index contributed by atoms with van der Waals surface area (Å²) in [5, 5.41) is 12.9. The van der Waals surface area contributed by atoms with E-state index in [1.807, 2.05) is 18.2 Å². The Bertz CT molecular complexity index is 667. The van der Waals surface area contributed by atoms with Crippen LogP contribution in [0, 0.1) is 0 Å². The molecule has 0 bridgehead atoms. The van der Waals surface area contributed by atoms with E-state index in [0.29, 0.717) is 17.2 Å². The molecule has 4 heteroatoms. The molecule has 0 saturated carbocycles. The molecule has 0 heterocycles. The zero-order valence-electron chi connectivity index (χ0n) is 13.6. The van der Waals surface area contributed by atoms with Gasteiger partial charge in [0.1, 0.15) is 0 Å². The SMILES string of the molecule is CCCCCc1ccc(Oc2ccccc2NC(C)=O)c(O)c1. The van der Waals surface area contributed by atoms with Crippen molar-refractivity contribution < 1.29 is 14.6 Å². The zero-order chi connectivity index (χ0) is 16.7. The second kappa shape index (κ2) is 8.22. The van der Waals surface area contributed by atoms with Crippen molar-refractivity contribution in [3.63, 3.8) is 0 Å². The number of aryl methyl sites for hydroxylation is 1. The summed E-state index contributed by atoms with van der Waals surface area (Å²) in [6.45, 7) is 3.61. The Hall–Kier alpha value is -2.49. The Balaban J connectivity index is 2.13. The minimum Gasteiger partial charge on any atom is -0.504 e. The lowest BCUT2D eigenvalue weighted by atomic mass is 10.1. The van der Waals surface area contributed by atoms with E-state index in [9.17, 15) is 9.90 Å². The molecule has 0 aliphatic heterocycles. The highest BCUT2D eigenvalue weighted by Gasteiger charge is 2.09. The molecule has 0 aromatic heterocycles. The van der Waals surface area contributed by atoms with E-state index in [-0.39, 0.29) is 11.7 Å². The fraction of sp³-hybridized carbons (Fsp3) is 0.316. The average molecular weight is 313 g/mol. The van der Waals surface area contributed by atoms with E-state index in [1.54, 1.807) is 24.3 Å². The van der Waals surface area contributed by atoms with Gasteiger partial charge in [-0.15, -0.1) is 0 Å². The Morgan fingerprint density at radius 2 is 1.91 bits per heavy atom. The van der Waals surface area contributed by atoms with Crippen LogP contribution in [0.5, 0.6) is 17.2 Å². The second-order valence-electron chi connectivity index (χ2n) is 5.54. The number of aromatic hydroxyl groups is 1. The van der Waals surface area contributed by atoms with Crippen LogP contribution in [0.15, 0.2) is 42.5 Å². The molecule has 0 radical (unpaired) electrons. The third-order valence-corrected chi connectivity index (χ3v) is 3.51. The maximum absolute atomic E-state index is 11.2. The molecule has 2 N–H and O–H groups in total. The molecule has 122 valence electrons. The summed E-state index contributed by atoms with van der Waals surface area (Å²) < 4.78 is 5.76. The Morgan fingerprint density at radius 1 is 1.13 bits per heavy atom. The molecule has 2 aromatic carbocycles. The molecule has 0 atom stereocenters. The van der Waals surface area contributed by atoms with Crippen molar-refractivity contribution in [3.05, 3.63) is 48.0 Å². The quantitative estimate of drug-likeness (QED) is 0.717. The molecule has 0 spiro atoms. The zero-order valence-corrected chi connectivity index (χ0v) is 13.6. The molecular formula is C19H23NO3. The smallest absolute Gasteiger partial charge is 0.221 e. The average Bonchev–Trinajstić information content (AvgIpc) is 2.51. The van der Waals surface area contributed by atoms with Crippen LogP contribution in [0.2, 0.25) is 0 Å². The van der Waals surface area contributed by atoms with Gasteiger partial charge in [0.2, 0.25) is 5.91 Å². The van der Waals surface area contributed by atoms with Crippen molar-refractivity contribution >= 4 is 11.6 Å². The number of amides is 1. The van der Waals surface area contributed by atoms with Crippen molar-refractivity contribution in [1.29, 1.82) is 0 Å². The van der Waals surface area contributed by atoms with E-state index in [0.717, 1.165) is 18.4 Å². The molecule has 4 nitrogen and oxygen atoms in total. The highest BCUT2D eigenvalue weighted by molar-refractivity contribution is 5.90. The Labute approximate surface area is 137 Å². The Kier molecular flexibility index (Phi) is 6.03. The van der Waals surface area contributed by atoms with E-state index < -0.39 is 0 Å². The number of para-hydroxylation sites is 2. The topological polar surface area (TPSA) is 58.6 Å². The highest BCUT2D eigenvalue weighted by Crippen LogP contribution is 2.35.